The average molecular weight is 479 g/mol. The third-order valence-electron chi connectivity index (χ3n) is 5.27. The lowest BCUT2D eigenvalue weighted by atomic mass is 10.1. The largest absolute Gasteiger partial charge is 0.324 e. The van der Waals surface area contributed by atoms with Crippen molar-refractivity contribution in [3.63, 3.8) is 0 Å². The summed E-state index contributed by atoms with van der Waals surface area (Å²) in [4.78, 5) is 33.3. The molecule has 4 aromatic heterocycles. The summed E-state index contributed by atoms with van der Waals surface area (Å²) < 4.78 is 0. The van der Waals surface area contributed by atoms with Crippen LogP contribution in [0.3, 0.4) is 0 Å². The first-order chi connectivity index (χ1) is 17.5. The molecule has 9 nitrogen and oxygen atoms in total. The second-order valence-corrected chi connectivity index (χ2v) is 8.00. The fourth-order valence-electron chi connectivity index (χ4n) is 3.56. The van der Waals surface area contributed by atoms with E-state index in [0.29, 0.717) is 33.9 Å². The predicted octanol–water partition coefficient (Wildman–Crippen LogP) is 3.07. The normalized spacial score (nSPS) is 13.0. The number of aromatic amines is 2. The molecule has 0 aliphatic rings. The molecule has 0 aromatic carbocycles. The number of nitrogens with one attached hydrogen (secondary N) is 3. The van der Waals surface area contributed by atoms with Gasteiger partial charge in [-0.05, 0) is 31.2 Å². The molecular weight excluding hydrogens is 452 g/mol. The molecule has 180 valence electrons. The maximum Gasteiger partial charge on any atom is 0.228 e. The van der Waals surface area contributed by atoms with Gasteiger partial charge in [0.2, 0.25) is 5.91 Å². The number of imidazole rings is 1. The maximum atomic E-state index is 12.5. The van der Waals surface area contributed by atoms with Gasteiger partial charge in [0.15, 0.2) is 11.5 Å². The maximum absolute atomic E-state index is 12.5. The van der Waals surface area contributed by atoms with Crippen LogP contribution < -0.4 is 15.9 Å². The third-order valence-corrected chi connectivity index (χ3v) is 5.27. The highest BCUT2D eigenvalue weighted by Crippen LogP contribution is 2.15. The SMILES string of the molecule is C=C/C=C\C=C(/C)CC(=O)Nc1cncc(C(/C=c2/c(-c3nc4cccnc4[nH]3)n[nH]c2=C)=N/C)c1. The topological polar surface area (TPSA) is 125 Å². The minimum Gasteiger partial charge on any atom is -0.324 e. The van der Waals surface area contributed by atoms with E-state index in [-0.39, 0.29) is 12.3 Å². The smallest absolute Gasteiger partial charge is 0.228 e. The molecule has 0 saturated carbocycles. The molecule has 0 bridgehead atoms. The first-order valence-electron chi connectivity index (χ1n) is 11.2. The zero-order chi connectivity index (χ0) is 25.5. The number of H-pyrrole nitrogens is 2. The van der Waals surface area contributed by atoms with Crippen molar-refractivity contribution < 1.29 is 4.79 Å². The highest BCUT2D eigenvalue weighted by Gasteiger charge is 2.12. The molecule has 0 radical (unpaired) electrons. The van der Waals surface area contributed by atoms with Gasteiger partial charge in [-0.15, -0.1) is 0 Å². The number of aromatic nitrogens is 6. The number of carbonyl (C=O) groups is 1. The molecule has 0 atom stereocenters. The van der Waals surface area contributed by atoms with Gasteiger partial charge in [0, 0.05) is 36.6 Å². The summed E-state index contributed by atoms with van der Waals surface area (Å²) in [6.07, 6.45) is 14.3. The van der Waals surface area contributed by atoms with Gasteiger partial charge >= 0.3 is 0 Å². The molecule has 0 saturated heterocycles. The van der Waals surface area contributed by atoms with Crippen LogP contribution in [0.15, 0.2) is 78.2 Å². The summed E-state index contributed by atoms with van der Waals surface area (Å²) in [5.41, 5.74) is 4.89. The number of hydrogen-bond donors (Lipinski definition) is 3. The Hall–Kier alpha value is -4.92. The fourth-order valence-corrected chi connectivity index (χ4v) is 3.56. The van der Waals surface area contributed by atoms with E-state index >= 15 is 0 Å². The van der Waals surface area contributed by atoms with Crippen LogP contribution in [0, 0.1) is 0 Å². The van der Waals surface area contributed by atoms with Crippen LogP contribution in [0.4, 0.5) is 5.69 Å². The molecule has 0 aliphatic heterocycles. The summed E-state index contributed by atoms with van der Waals surface area (Å²) in [7, 11) is 1.69. The molecular formula is C27H26N8O. The van der Waals surface area contributed by atoms with E-state index in [1.807, 2.05) is 49.4 Å². The van der Waals surface area contributed by atoms with E-state index in [0.717, 1.165) is 21.9 Å². The minimum absolute atomic E-state index is 0.135. The lowest BCUT2D eigenvalue weighted by Crippen LogP contribution is -2.24. The first-order valence-corrected chi connectivity index (χ1v) is 11.2. The number of amides is 1. The van der Waals surface area contributed by atoms with Crippen LogP contribution >= 0.6 is 0 Å². The Morgan fingerprint density at radius 1 is 1.28 bits per heavy atom. The van der Waals surface area contributed by atoms with Gasteiger partial charge in [-0.25, -0.2) is 9.97 Å². The molecule has 0 unspecified atom stereocenters. The van der Waals surface area contributed by atoms with Crippen molar-refractivity contribution in [1.29, 1.82) is 0 Å². The van der Waals surface area contributed by atoms with Crippen LogP contribution in [0.2, 0.25) is 0 Å². The van der Waals surface area contributed by atoms with Crippen molar-refractivity contribution in [2.45, 2.75) is 13.3 Å². The van der Waals surface area contributed by atoms with E-state index in [9.17, 15) is 4.79 Å². The molecule has 0 fully saturated rings. The lowest BCUT2D eigenvalue weighted by molar-refractivity contribution is -0.115. The number of nitrogens with zero attached hydrogens (tertiary/aromatic N) is 5. The molecule has 3 N–H and O–H groups in total. The zero-order valence-corrected chi connectivity index (χ0v) is 20.1. The van der Waals surface area contributed by atoms with Crippen molar-refractivity contribution in [2.75, 3.05) is 12.4 Å². The average Bonchev–Trinajstić information content (AvgIpc) is 3.45. The highest BCUT2D eigenvalue weighted by atomic mass is 16.1. The number of aliphatic imine (C=N–C) groups is 1. The van der Waals surface area contributed by atoms with Crippen LogP contribution in [0.1, 0.15) is 18.9 Å². The monoisotopic (exact) mass is 478 g/mol. The van der Waals surface area contributed by atoms with Crippen molar-refractivity contribution >= 4 is 41.1 Å². The van der Waals surface area contributed by atoms with Gasteiger partial charge in [-0.3, -0.25) is 19.9 Å². The molecule has 4 rings (SSSR count). The first kappa shape index (κ1) is 24.2. The standard InChI is InChI=1S/C27H26N8O/c1-5-6-7-9-17(2)12-24(36)31-20-13-19(15-29-16-20)23(28-4)14-21-18(3)34-35-25(21)27-32-22-10-8-11-30-26(22)33-27/h5-11,13-16,34H,1,3,12H2,2,4H3,(H,31,36)(H,30,32,33)/b7-6-,17-9+,21-14+,28-23+. The highest BCUT2D eigenvalue weighted by molar-refractivity contribution is 6.21. The Kier molecular flexibility index (Phi) is 7.40. The minimum atomic E-state index is -0.135. The molecule has 4 aromatic rings. The number of carbonyl (C=O) groups excluding carboxylic acids is 1. The van der Waals surface area contributed by atoms with Crippen LogP contribution in [0.5, 0.6) is 0 Å². The Morgan fingerprint density at radius 3 is 2.92 bits per heavy atom. The predicted molar refractivity (Wildman–Crippen MR) is 144 cm³/mol. The van der Waals surface area contributed by atoms with Crippen molar-refractivity contribution in [1.82, 2.24) is 30.1 Å². The van der Waals surface area contributed by atoms with E-state index in [2.05, 4.69) is 53.6 Å². The van der Waals surface area contributed by atoms with Gasteiger partial charge in [0.25, 0.3) is 0 Å². The molecule has 36 heavy (non-hydrogen) atoms. The molecule has 4 heterocycles. The Morgan fingerprint density at radius 2 is 2.14 bits per heavy atom. The van der Waals surface area contributed by atoms with Gasteiger partial charge in [-0.1, -0.05) is 43.0 Å². The van der Waals surface area contributed by atoms with E-state index in [1.54, 1.807) is 31.7 Å². The molecule has 9 heteroatoms. The number of pyridine rings is 2. The fraction of sp³-hybridized carbons (Fsp3) is 0.111. The van der Waals surface area contributed by atoms with Crippen LogP contribution in [-0.4, -0.2) is 48.8 Å². The van der Waals surface area contributed by atoms with Crippen molar-refractivity contribution in [3.05, 3.63) is 89.4 Å². The molecule has 1 amide bonds. The Labute approximate surface area is 207 Å². The Bertz CT molecular complexity index is 1590. The second kappa shape index (κ2) is 11.0. The third kappa shape index (κ3) is 5.58. The number of anilines is 1. The van der Waals surface area contributed by atoms with Crippen molar-refractivity contribution in [2.24, 2.45) is 4.99 Å². The number of fused-ring (bicyclic) bond motifs is 1. The molecule has 0 spiro atoms. The number of rotatable bonds is 8. The summed E-state index contributed by atoms with van der Waals surface area (Å²) in [5, 5.41) is 11.6. The number of hydrogen-bond acceptors (Lipinski definition) is 6. The van der Waals surface area contributed by atoms with E-state index in [4.69, 9.17) is 0 Å². The van der Waals surface area contributed by atoms with Gasteiger partial charge < -0.3 is 10.3 Å². The summed E-state index contributed by atoms with van der Waals surface area (Å²) in [6, 6.07) is 5.53. The van der Waals surface area contributed by atoms with E-state index in [1.165, 1.54) is 0 Å². The summed E-state index contributed by atoms with van der Waals surface area (Å²) in [6.45, 7) is 9.59. The van der Waals surface area contributed by atoms with Crippen LogP contribution in [-0.2, 0) is 4.79 Å². The van der Waals surface area contributed by atoms with Crippen molar-refractivity contribution in [3.8, 4) is 11.5 Å². The zero-order valence-electron chi connectivity index (χ0n) is 20.1. The van der Waals surface area contributed by atoms with Gasteiger partial charge in [-0.2, -0.15) is 5.10 Å². The summed E-state index contributed by atoms with van der Waals surface area (Å²) in [5.74, 6) is 0.436. The Balaban J connectivity index is 1.61. The van der Waals surface area contributed by atoms with Gasteiger partial charge in [0.1, 0.15) is 11.2 Å². The van der Waals surface area contributed by atoms with Crippen LogP contribution in [0.25, 0.3) is 35.3 Å². The lowest BCUT2D eigenvalue weighted by Gasteiger charge is -2.07. The second-order valence-electron chi connectivity index (χ2n) is 8.00. The summed E-state index contributed by atoms with van der Waals surface area (Å²) >= 11 is 0. The quantitative estimate of drug-likeness (QED) is 0.265. The molecule has 0 aliphatic carbocycles. The van der Waals surface area contributed by atoms with E-state index < -0.39 is 0 Å². The van der Waals surface area contributed by atoms with Gasteiger partial charge in [0.05, 0.1) is 22.9 Å². The number of allylic oxidation sites excluding steroid dienone is 4.